The Hall–Kier alpha value is -4.13. The second kappa shape index (κ2) is 10.5. The maximum atomic E-state index is 12.7. The Bertz CT molecular complexity index is 1280. The van der Waals surface area contributed by atoms with E-state index in [-0.39, 0.29) is 18.3 Å². The van der Waals surface area contributed by atoms with Gasteiger partial charge in [-0.25, -0.2) is 0 Å². The van der Waals surface area contributed by atoms with E-state index in [9.17, 15) is 15.3 Å². The third-order valence-electron chi connectivity index (χ3n) is 5.62. The van der Waals surface area contributed by atoms with E-state index in [1.54, 1.807) is 18.2 Å². The Morgan fingerprint density at radius 1 is 1.12 bits per heavy atom. The monoisotopic (exact) mass is 437 g/mol. The third kappa shape index (κ3) is 5.20. The van der Waals surface area contributed by atoms with E-state index in [0.717, 1.165) is 29.2 Å². The van der Waals surface area contributed by atoms with E-state index in [0.29, 0.717) is 30.0 Å². The molecule has 3 aromatic rings. The van der Waals surface area contributed by atoms with Crippen LogP contribution in [0.15, 0.2) is 66.2 Å². The Morgan fingerprint density at radius 3 is 2.73 bits per heavy atom. The van der Waals surface area contributed by atoms with Crippen molar-refractivity contribution in [1.82, 2.24) is 5.32 Å². The Balaban J connectivity index is 1.64. The number of benzene rings is 3. The van der Waals surface area contributed by atoms with Gasteiger partial charge in [0.2, 0.25) is 0 Å². The molecule has 0 aliphatic carbocycles. The molecule has 1 aliphatic heterocycles. The zero-order chi connectivity index (χ0) is 23.0. The topological polar surface area (TPSA) is 95.1 Å². The number of carbonyl (C=O) groups excluding carboxylic acids is 1. The molecule has 1 heterocycles. The molecule has 6 heteroatoms. The average Bonchev–Trinajstić information content (AvgIpc) is 3.38. The fourth-order valence-electron chi connectivity index (χ4n) is 3.86. The van der Waals surface area contributed by atoms with Crippen LogP contribution in [-0.2, 0) is 16.1 Å². The van der Waals surface area contributed by atoms with E-state index in [4.69, 9.17) is 9.47 Å². The normalized spacial score (nSPS) is 15.6. The van der Waals surface area contributed by atoms with Crippen LogP contribution < -0.4 is 10.1 Å². The summed E-state index contributed by atoms with van der Waals surface area (Å²) in [5, 5.41) is 23.7. The lowest BCUT2D eigenvalue weighted by Crippen LogP contribution is -2.32. The summed E-state index contributed by atoms with van der Waals surface area (Å²) in [5.41, 5.74) is 1.94. The Kier molecular flexibility index (Phi) is 6.99. The van der Waals surface area contributed by atoms with Crippen molar-refractivity contribution in [3.8, 4) is 17.9 Å². The van der Waals surface area contributed by atoms with Crippen LogP contribution in [0.3, 0.4) is 0 Å². The first kappa shape index (κ1) is 22.1. The largest absolute Gasteiger partial charge is 0.488 e. The van der Waals surface area contributed by atoms with E-state index < -0.39 is 5.91 Å². The summed E-state index contributed by atoms with van der Waals surface area (Å²) in [4.78, 5) is 12.7. The molecule has 1 atom stereocenters. The number of fused-ring (bicyclic) bond motifs is 1. The van der Waals surface area contributed by atoms with Gasteiger partial charge in [0, 0.05) is 24.3 Å². The van der Waals surface area contributed by atoms with Crippen molar-refractivity contribution >= 4 is 22.8 Å². The molecule has 1 N–H and O–H groups in total. The van der Waals surface area contributed by atoms with Gasteiger partial charge in [0.05, 0.1) is 17.7 Å². The van der Waals surface area contributed by atoms with Crippen molar-refractivity contribution in [2.24, 2.45) is 0 Å². The molecule has 0 saturated carbocycles. The molecule has 0 aromatic heterocycles. The van der Waals surface area contributed by atoms with Crippen LogP contribution in [-0.4, -0.2) is 25.2 Å². The Labute approximate surface area is 192 Å². The molecule has 6 nitrogen and oxygen atoms in total. The van der Waals surface area contributed by atoms with E-state index in [1.807, 2.05) is 54.6 Å². The molecule has 1 saturated heterocycles. The minimum Gasteiger partial charge on any atom is -0.488 e. The summed E-state index contributed by atoms with van der Waals surface area (Å²) in [5.74, 6) is 0.0860. The molecule has 1 unspecified atom stereocenters. The molecule has 1 aliphatic rings. The number of rotatable bonds is 7. The van der Waals surface area contributed by atoms with Crippen molar-refractivity contribution in [1.29, 1.82) is 10.5 Å². The van der Waals surface area contributed by atoms with Crippen molar-refractivity contribution in [3.63, 3.8) is 0 Å². The highest BCUT2D eigenvalue weighted by Crippen LogP contribution is 2.31. The van der Waals surface area contributed by atoms with Gasteiger partial charge in [-0.15, -0.1) is 0 Å². The third-order valence-corrected chi connectivity index (χ3v) is 5.62. The zero-order valence-corrected chi connectivity index (χ0v) is 18.1. The van der Waals surface area contributed by atoms with Crippen LogP contribution in [0.5, 0.6) is 5.75 Å². The smallest absolute Gasteiger partial charge is 0.262 e. The summed E-state index contributed by atoms with van der Waals surface area (Å²) >= 11 is 0. The van der Waals surface area contributed by atoms with E-state index in [1.165, 1.54) is 0 Å². The second-order valence-electron chi connectivity index (χ2n) is 7.77. The fraction of sp³-hybridized carbons (Fsp3) is 0.222. The van der Waals surface area contributed by atoms with Crippen LogP contribution in [0.4, 0.5) is 0 Å². The highest BCUT2D eigenvalue weighted by molar-refractivity contribution is 6.05. The first-order valence-electron chi connectivity index (χ1n) is 10.8. The van der Waals surface area contributed by atoms with Gasteiger partial charge in [0.25, 0.3) is 5.91 Å². The van der Waals surface area contributed by atoms with Crippen LogP contribution in [0, 0.1) is 22.7 Å². The molecule has 0 radical (unpaired) electrons. The average molecular weight is 437 g/mol. The van der Waals surface area contributed by atoms with E-state index >= 15 is 0 Å². The molecule has 0 spiro atoms. The standard InChI is InChI=1S/C27H23N3O3/c28-15-20-7-1-2-8-21(20)18-33-26-12-11-19-6-3-4-10-24(19)25(26)14-22(16-29)27(31)30-17-23-9-5-13-32-23/h1-4,6-8,10-12,14,23H,5,9,13,17-18H2,(H,30,31). The summed E-state index contributed by atoms with van der Waals surface area (Å²) in [7, 11) is 0. The number of nitriles is 2. The molecule has 1 fully saturated rings. The summed E-state index contributed by atoms with van der Waals surface area (Å²) in [6.45, 7) is 1.27. The maximum absolute atomic E-state index is 12.7. The van der Waals surface area contributed by atoms with Gasteiger partial charge in [-0.3, -0.25) is 4.79 Å². The van der Waals surface area contributed by atoms with Gasteiger partial charge >= 0.3 is 0 Å². The van der Waals surface area contributed by atoms with Crippen LogP contribution in [0.25, 0.3) is 16.8 Å². The number of carbonyl (C=O) groups is 1. The number of hydrogen-bond donors (Lipinski definition) is 1. The first-order chi connectivity index (χ1) is 16.2. The van der Waals surface area contributed by atoms with Gasteiger partial charge in [-0.05, 0) is 41.8 Å². The lowest BCUT2D eigenvalue weighted by molar-refractivity contribution is -0.117. The van der Waals surface area contributed by atoms with Crippen molar-refractivity contribution in [2.45, 2.75) is 25.6 Å². The fourth-order valence-corrected chi connectivity index (χ4v) is 3.86. The highest BCUT2D eigenvalue weighted by atomic mass is 16.5. The lowest BCUT2D eigenvalue weighted by Gasteiger charge is -2.14. The SMILES string of the molecule is N#CC(=Cc1c(OCc2ccccc2C#N)ccc2ccccc12)C(=O)NCC1CCCO1. The van der Waals surface area contributed by atoms with Gasteiger partial charge in [-0.1, -0.05) is 48.5 Å². The molecular weight excluding hydrogens is 414 g/mol. The molecule has 1 amide bonds. The molecule has 0 bridgehead atoms. The van der Waals surface area contributed by atoms with Gasteiger partial charge in [0.1, 0.15) is 24.0 Å². The quantitative estimate of drug-likeness (QED) is 0.434. The zero-order valence-electron chi connectivity index (χ0n) is 18.1. The molecule has 33 heavy (non-hydrogen) atoms. The summed E-state index contributed by atoms with van der Waals surface area (Å²) < 4.78 is 11.6. The van der Waals surface area contributed by atoms with Crippen molar-refractivity contribution in [3.05, 3.63) is 82.9 Å². The molecular formula is C27H23N3O3. The van der Waals surface area contributed by atoms with Gasteiger partial charge in [0.15, 0.2) is 0 Å². The predicted octanol–water partition coefficient (Wildman–Crippen LogP) is 4.49. The predicted molar refractivity (Wildman–Crippen MR) is 125 cm³/mol. The van der Waals surface area contributed by atoms with Crippen LogP contribution in [0.2, 0.25) is 0 Å². The molecule has 3 aromatic carbocycles. The second-order valence-corrected chi connectivity index (χ2v) is 7.77. The van der Waals surface area contributed by atoms with E-state index in [2.05, 4.69) is 11.4 Å². The van der Waals surface area contributed by atoms with Crippen LogP contribution in [0.1, 0.15) is 29.5 Å². The van der Waals surface area contributed by atoms with Crippen molar-refractivity contribution in [2.75, 3.05) is 13.2 Å². The lowest BCUT2D eigenvalue weighted by atomic mass is 10.0. The highest BCUT2D eigenvalue weighted by Gasteiger charge is 2.18. The van der Waals surface area contributed by atoms with Gasteiger partial charge < -0.3 is 14.8 Å². The summed E-state index contributed by atoms with van der Waals surface area (Å²) in [6.07, 6.45) is 3.44. The number of amides is 1. The maximum Gasteiger partial charge on any atom is 0.262 e. The minimum absolute atomic E-state index is 0.00775. The van der Waals surface area contributed by atoms with Crippen LogP contribution >= 0.6 is 0 Å². The number of nitrogens with zero attached hydrogens (tertiary/aromatic N) is 2. The number of nitrogens with one attached hydrogen (secondary N) is 1. The molecule has 4 rings (SSSR count). The Morgan fingerprint density at radius 2 is 1.94 bits per heavy atom. The first-order valence-corrected chi connectivity index (χ1v) is 10.8. The van der Waals surface area contributed by atoms with Crippen molar-refractivity contribution < 1.29 is 14.3 Å². The molecule has 164 valence electrons. The minimum atomic E-state index is -0.443. The number of hydrogen-bond acceptors (Lipinski definition) is 5. The number of ether oxygens (including phenoxy) is 2. The van der Waals surface area contributed by atoms with Gasteiger partial charge in [-0.2, -0.15) is 10.5 Å². The summed E-state index contributed by atoms with van der Waals surface area (Å²) in [6, 6.07) is 22.9.